The maximum atomic E-state index is 10.4. The monoisotopic (exact) mass is 308 g/mol. The Balaban J connectivity index is 2.62. The molecule has 4 heteroatoms. The van der Waals surface area contributed by atoms with E-state index < -0.39 is 6.10 Å². The molecule has 0 spiro atoms. The summed E-state index contributed by atoms with van der Waals surface area (Å²) in [5.74, 6) is 1.91. The van der Waals surface area contributed by atoms with Crippen LogP contribution in [0, 0.1) is 11.8 Å². The maximum Gasteiger partial charge on any atom is 0.141 e. The van der Waals surface area contributed by atoms with Crippen LogP contribution in [0.5, 0.6) is 5.75 Å². The highest BCUT2D eigenvalue weighted by molar-refractivity contribution is 5.54. The molecule has 0 aliphatic carbocycles. The summed E-state index contributed by atoms with van der Waals surface area (Å²) >= 11 is 0. The Morgan fingerprint density at radius 2 is 1.73 bits per heavy atom. The third-order valence-electron chi connectivity index (χ3n) is 3.60. The second-order valence-electron chi connectivity index (χ2n) is 6.85. The van der Waals surface area contributed by atoms with Crippen molar-refractivity contribution in [3.63, 3.8) is 0 Å². The number of rotatable bonds is 9. The summed E-state index contributed by atoms with van der Waals surface area (Å²) in [7, 11) is 1.59. The van der Waals surface area contributed by atoms with Crippen molar-refractivity contribution in [3.05, 3.63) is 23.8 Å². The molecule has 0 amide bonds. The smallest absolute Gasteiger partial charge is 0.141 e. The number of hydrogen-bond acceptors (Lipinski definition) is 4. The summed E-state index contributed by atoms with van der Waals surface area (Å²) in [6.07, 6.45) is 0.223. The zero-order chi connectivity index (χ0) is 16.7. The van der Waals surface area contributed by atoms with Gasteiger partial charge in [-0.2, -0.15) is 0 Å². The van der Waals surface area contributed by atoms with Gasteiger partial charge in [0.25, 0.3) is 0 Å². The van der Waals surface area contributed by atoms with E-state index >= 15 is 0 Å². The van der Waals surface area contributed by atoms with Crippen LogP contribution < -0.4 is 10.5 Å². The van der Waals surface area contributed by atoms with Gasteiger partial charge < -0.3 is 20.5 Å². The largest absolute Gasteiger partial charge is 0.495 e. The van der Waals surface area contributed by atoms with Gasteiger partial charge in [-0.15, -0.1) is 0 Å². The van der Waals surface area contributed by atoms with E-state index in [0.717, 1.165) is 25.2 Å². The van der Waals surface area contributed by atoms with Crippen LogP contribution in [-0.4, -0.2) is 36.8 Å². The molecule has 1 aromatic carbocycles. The van der Waals surface area contributed by atoms with E-state index in [-0.39, 0.29) is 0 Å². The maximum absolute atomic E-state index is 10.4. The Morgan fingerprint density at radius 3 is 2.18 bits per heavy atom. The summed E-state index contributed by atoms with van der Waals surface area (Å²) in [5.41, 5.74) is 7.33. The first-order valence-electron chi connectivity index (χ1n) is 8.17. The molecule has 1 atom stereocenters. The summed E-state index contributed by atoms with van der Waals surface area (Å²) in [6.45, 7) is 11.9. The summed E-state index contributed by atoms with van der Waals surface area (Å²) in [5, 5.41) is 10.4. The molecule has 0 heterocycles. The van der Waals surface area contributed by atoms with Gasteiger partial charge in [0.2, 0.25) is 0 Å². The highest BCUT2D eigenvalue weighted by Crippen LogP contribution is 2.26. The molecule has 1 rings (SSSR count). The molecular formula is C18H32N2O2. The van der Waals surface area contributed by atoms with Gasteiger partial charge in [0, 0.05) is 19.6 Å². The topological polar surface area (TPSA) is 58.7 Å². The van der Waals surface area contributed by atoms with Gasteiger partial charge in [0.15, 0.2) is 0 Å². The fraction of sp³-hybridized carbons (Fsp3) is 0.667. The van der Waals surface area contributed by atoms with Crippen LogP contribution in [0.15, 0.2) is 18.2 Å². The van der Waals surface area contributed by atoms with Crippen molar-refractivity contribution in [2.45, 2.75) is 40.2 Å². The first-order chi connectivity index (χ1) is 10.3. The average molecular weight is 308 g/mol. The first-order valence-corrected chi connectivity index (χ1v) is 8.17. The minimum atomic E-state index is -0.491. The molecular weight excluding hydrogens is 276 g/mol. The van der Waals surface area contributed by atoms with E-state index in [1.807, 2.05) is 12.1 Å². The van der Waals surface area contributed by atoms with E-state index in [1.165, 1.54) is 0 Å². The number of anilines is 1. The number of ether oxygens (including phenoxy) is 1. The lowest BCUT2D eigenvalue weighted by atomic mass is 10.0. The van der Waals surface area contributed by atoms with Crippen molar-refractivity contribution in [2.24, 2.45) is 11.8 Å². The van der Waals surface area contributed by atoms with Gasteiger partial charge >= 0.3 is 0 Å². The van der Waals surface area contributed by atoms with Crippen LogP contribution in [-0.2, 0) is 0 Å². The molecule has 0 saturated heterocycles. The standard InChI is InChI=1S/C18H32N2O2/c1-13(2)11-20(12-14(3)4)9-8-17(21)15-6-7-18(22-5)16(19)10-15/h6-7,10,13-14,17,21H,8-9,11-12,19H2,1-5H3. The lowest BCUT2D eigenvalue weighted by Gasteiger charge is -2.27. The number of benzene rings is 1. The van der Waals surface area contributed by atoms with Crippen LogP contribution in [0.1, 0.15) is 45.8 Å². The highest BCUT2D eigenvalue weighted by atomic mass is 16.5. The minimum absolute atomic E-state index is 0.491. The van der Waals surface area contributed by atoms with Crippen LogP contribution >= 0.6 is 0 Å². The Labute approximate surface area is 135 Å². The third-order valence-corrected chi connectivity index (χ3v) is 3.60. The third kappa shape index (κ3) is 6.24. The van der Waals surface area contributed by atoms with Gasteiger partial charge in [-0.05, 0) is 36.0 Å². The zero-order valence-corrected chi connectivity index (χ0v) is 14.7. The summed E-state index contributed by atoms with van der Waals surface area (Å²) in [4.78, 5) is 2.44. The van der Waals surface area contributed by atoms with Crippen molar-refractivity contribution < 1.29 is 9.84 Å². The molecule has 0 fully saturated rings. The number of nitrogen functional groups attached to an aromatic ring is 1. The molecule has 1 unspecified atom stereocenters. The lowest BCUT2D eigenvalue weighted by molar-refractivity contribution is 0.131. The molecule has 4 nitrogen and oxygen atoms in total. The molecule has 3 N–H and O–H groups in total. The van der Waals surface area contributed by atoms with E-state index in [1.54, 1.807) is 13.2 Å². The minimum Gasteiger partial charge on any atom is -0.495 e. The normalized spacial score (nSPS) is 13.1. The van der Waals surface area contributed by atoms with Gasteiger partial charge in [0.1, 0.15) is 5.75 Å². The number of aliphatic hydroxyl groups excluding tert-OH is 1. The number of nitrogens with two attached hydrogens (primary N) is 1. The molecule has 22 heavy (non-hydrogen) atoms. The quantitative estimate of drug-likeness (QED) is 0.687. The summed E-state index contributed by atoms with van der Waals surface area (Å²) in [6, 6.07) is 5.50. The number of nitrogens with zero attached hydrogens (tertiary/aromatic N) is 1. The number of hydrogen-bond donors (Lipinski definition) is 2. The Hall–Kier alpha value is -1.26. The number of aliphatic hydroxyl groups is 1. The molecule has 0 aromatic heterocycles. The molecule has 1 aromatic rings. The fourth-order valence-electron chi connectivity index (χ4n) is 2.72. The Bertz CT molecular complexity index is 437. The molecule has 0 radical (unpaired) electrons. The van der Waals surface area contributed by atoms with Crippen molar-refractivity contribution in [1.29, 1.82) is 0 Å². The summed E-state index contributed by atoms with van der Waals surface area (Å²) < 4.78 is 5.15. The van der Waals surface area contributed by atoms with Crippen molar-refractivity contribution in [3.8, 4) is 5.75 Å². The SMILES string of the molecule is COc1ccc(C(O)CCN(CC(C)C)CC(C)C)cc1N. The second kappa shape index (κ2) is 9.01. The zero-order valence-electron chi connectivity index (χ0n) is 14.7. The van der Waals surface area contributed by atoms with Crippen molar-refractivity contribution in [2.75, 3.05) is 32.5 Å². The van der Waals surface area contributed by atoms with E-state index in [2.05, 4.69) is 32.6 Å². The van der Waals surface area contributed by atoms with Gasteiger partial charge in [-0.25, -0.2) is 0 Å². The molecule has 0 saturated carbocycles. The van der Waals surface area contributed by atoms with E-state index in [9.17, 15) is 5.11 Å². The van der Waals surface area contributed by atoms with Crippen LogP contribution in [0.25, 0.3) is 0 Å². The molecule has 0 aliphatic heterocycles. The van der Waals surface area contributed by atoms with E-state index in [4.69, 9.17) is 10.5 Å². The van der Waals surface area contributed by atoms with Gasteiger partial charge in [-0.1, -0.05) is 33.8 Å². The predicted octanol–water partition coefficient (Wildman–Crippen LogP) is 3.31. The first kappa shape index (κ1) is 18.8. The van der Waals surface area contributed by atoms with Crippen molar-refractivity contribution >= 4 is 5.69 Å². The number of methoxy groups -OCH3 is 1. The fourth-order valence-corrected chi connectivity index (χ4v) is 2.72. The van der Waals surface area contributed by atoms with Gasteiger partial charge in [0.05, 0.1) is 18.9 Å². The molecule has 0 bridgehead atoms. The van der Waals surface area contributed by atoms with Crippen molar-refractivity contribution in [1.82, 2.24) is 4.90 Å². The average Bonchev–Trinajstić information content (AvgIpc) is 2.43. The highest BCUT2D eigenvalue weighted by Gasteiger charge is 2.14. The van der Waals surface area contributed by atoms with Crippen LogP contribution in [0.4, 0.5) is 5.69 Å². The Morgan fingerprint density at radius 1 is 1.14 bits per heavy atom. The second-order valence-corrected chi connectivity index (χ2v) is 6.85. The van der Waals surface area contributed by atoms with E-state index in [0.29, 0.717) is 29.7 Å². The lowest BCUT2D eigenvalue weighted by Crippen LogP contribution is -2.33. The van der Waals surface area contributed by atoms with Crippen LogP contribution in [0.2, 0.25) is 0 Å². The Kier molecular flexibility index (Phi) is 7.69. The predicted molar refractivity (Wildman–Crippen MR) is 93.1 cm³/mol. The van der Waals surface area contributed by atoms with Gasteiger partial charge in [-0.3, -0.25) is 0 Å². The molecule has 126 valence electrons. The molecule has 0 aliphatic rings. The van der Waals surface area contributed by atoms with Crippen LogP contribution in [0.3, 0.4) is 0 Å².